The smallest absolute Gasteiger partial charge is 0.251 e. The molecule has 1 aromatic carbocycles. The van der Waals surface area contributed by atoms with Gasteiger partial charge in [-0.2, -0.15) is 5.26 Å². The van der Waals surface area contributed by atoms with Gasteiger partial charge in [0.25, 0.3) is 5.91 Å². The van der Waals surface area contributed by atoms with Gasteiger partial charge in [0.2, 0.25) is 5.91 Å². The molecule has 37 heavy (non-hydrogen) atoms. The van der Waals surface area contributed by atoms with E-state index in [1.807, 2.05) is 6.92 Å². The molecule has 0 saturated heterocycles. The number of nitriles is 1. The van der Waals surface area contributed by atoms with Gasteiger partial charge in [0.05, 0.1) is 25.0 Å². The van der Waals surface area contributed by atoms with Crippen LogP contribution in [0.1, 0.15) is 58.0 Å². The summed E-state index contributed by atoms with van der Waals surface area (Å²) in [5.74, 6) is 0.501. The van der Waals surface area contributed by atoms with Gasteiger partial charge in [-0.15, -0.1) is 21.5 Å². The number of nitrogens with zero attached hydrogens (tertiary/aromatic N) is 4. The molecule has 3 aromatic rings. The highest BCUT2D eigenvalue weighted by Gasteiger charge is 2.24. The molecule has 4 rings (SSSR count). The molecule has 2 heterocycles. The maximum absolute atomic E-state index is 12.7. The number of methoxy groups -OCH3 is 1. The number of benzene rings is 1. The van der Waals surface area contributed by atoms with Crippen molar-refractivity contribution in [2.45, 2.75) is 50.4 Å². The molecule has 0 radical (unpaired) electrons. The average molecular weight is 541 g/mol. The number of carbonyl (C=O) groups is 2. The van der Waals surface area contributed by atoms with E-state index in [9.17, 15) is 20.0 Å². The molecule has 0 aliphatic heterocycles. The largest absolute Gasteiger partial charge is 0.497 e. The van der Waals surface area contributed by atoms with Gasteiger partial charge < -0.3 is 25.0 Å². The van der Waals surface area contributed by atoms with E-state index in [2.05, 4.69) is 26.9 Å². The molecule has 2 amide bonds. The molecule has 0 bridgehead atoms. The van der Waals surface area contributed by atoms with E-state index in [0.29, 0.717) is 39.4 Å². The number of anilines is 1. The molecule has 12 heteroatoms. The number of hydrogen-bond donors (Lipinski definition) is 3. The summed E-state index contributed by atoms with van der Waals surface area (Å²) in [7, 11) is 1.55. The Morgan fingerprint density at radius 3 is 2.70 bits per heavy atom. The third-order valence-electron chi connectivity index (χ3n) is 6.08. The summed E-state index contributed by atoms with van der Waals surface area (Å²) in [4.78, 5) is 26.6. The molecule has 0 unspecified atom stereocenters. The highest BCUT2D eigenvalue weighted by molar-refractivity contribution is 7.99. The van der Waals surface area contributed by atoms with Crippen LogP contribution in [0.5, 0.6) is 5.75 Å². The summed E-state index contributed by atoms with van der Waals surface area (Å²) in [6.07, 6.45) is 3.99. The molecular formula is C25H28N6O4S2. The fraction of sp³-hybridized carbons (Fsp3) is 0.400. The van der Waals surface area contributed by atoms with E-state index in [1.165, 1.54) is 28.0 Å². The van der Waals surface area contributed by atoms with Crippen molar-refractivity contribution in [1.82, 2.24) is 20.1 Å². The van der Waals surface area contributed by atoms with Crippen LogP contribution in [0.4, 0.5) is 5.00 Å². The number of aliphatic hydroxyl groups is 1. The van der Waals surface area contributed by atoms with Gasteiger partial charge in [-0.1, -0.05) is 11.8 Å². The zero-order valence-corrected chi connectivity index (χ0v) is 22.2. The van der Waals surface area contributed by atoms with Gasteiger partial charge in [-0.25, -0.2) is 0 Å². The molecule has 1 aliphatic rings. The van der Waals surface area contributed by atoms with E-state index in [0.717, 1.165) is 31.2 Å². The van der Waals surface area contributed by atoms with Crippen molar-refractivity contribution in [3.8, 4) is 11.8 Å². The minimum Gasteiger partial charge on any atom is -0.497 e. The number of ether oxygens (including phenoxy) is 1. The molecule has 2 aromatic heterocycles. The van der Waals surface area contributed by atoms with Crippen molar-refractivity contribution in [3.63, 3.8) is 0 Å². The lowest BCUT2D eigenvalue weighted by Crippen LogP contribution is -2.32. The van der Waals surface area contributed by atoms with E-state index in [4.69, 9.17) is 4.74 Å². The number of aromatic nitrogens is 3. The van der Waals surface area contributed by atoms with Crippen LogP contribution < -0.4 is 15.4 Å². The molecule has 0 fully saturated rings. The zero-order valence-electron chi connectivity index (χ0n) is 20.6. The SMILES string of the molecule is CCn1c(SCC(=O)Nc2sc3c(c2C#N)CCCC3)nnc1[C@@H](CO)NC(=O)c1ccc(OC)cc1. The summed E-state index contributed by atoms with van der Waals surface area (Å²) >= 11 is 2.70. The van der Waals surface area contributed by atoms with Crippen molar-refractivity contribution in [2.24, 2.45) is 0 Å². The van der Waals surface area contributed by atoms with Gasteiger partial charge in [-0.3, -0.25) is 9.59 Å². The van der Waals surface area contributed by atoms with Crippen molar-refractivity contribution in [2.75, 3.05) is 24.8 Å². The number of rotatable bonds is 10. The Bertz CT molecular complexity index is 1310. The maximum Gasteiger partial charge on any atom is 0.251 e. The van der Waals surface area contributed by atoms with Crippen LogP contribution in [-0.4, -0.2) is 51.2 Å². The second-order valence-corrected chi connectivity index (χ2v) is 10.4. The predicted molar refractivity (Wildman–Crippen MR) is 141 cm³/mol. The van der Waals surface area contributed by atoms with Crippen LogP contribution in [0.3, 0.4) is 0 Å². The van der Waals surface area contributed by atoms with Crippen molar-refractivity contribution in [3.05, 3.63) is 51.7 Å². The Hall–Kier alpha value is -3.40. The summed E-state index contributed by atoms with van der Waals surface area (Å²) in [6, 6.07) is 8.11. The number of aryl methyl sites for hydroxylation is 1. The normalized spacial score (nSPS) is 13.4. The second kappa shape index (κ2) is 12.2. The molecule has 10 nitrogen and oxygen atoms in total. The van der Waals surface area contributed by atoms with Crippen molar-refractivity contribution < 1.29 is 19.4 Å². The number of amides is 2. The number of hydrogen-bond acceptors (Lipinski definition) is 9. The van der Waals surface area contributed by atoms with E-state index < -0.39 is 6.04 Å². The maximum atomic E-state index is 12.7. The summed E-state index contributed by atoms with van der Waals surface area (Å²) < 4.78 is 6.88. The summed E-state index contributed by atoms with van der Waals surface area (Å²) in [5.41, 5.74) is 2.07. The van der Waals surface area contributed by atoms with E-state index >= 15 is 0 Å². The lowest BCUT2D eigenvalue weighted by Gasteiger charge is -2.17. The Labute approximate surface area is 223 Å². The quantitative estimate of drug-likeness (QED) is 0.333. The first-order valence-corrected chi connectivity index (χ1v) is 13.7. The van der Waals surface area contributed by atoms with Gasteiger partial charge in [0.15, 0.2) is 11.0 Å². The van der Waals surface area contributed by atoms with E-state index in [1.54, 1.807) is 35.9 Å². The zero-order chi connectivity index (χ0) is 26.4. The Morgan fingerprint density at radius 2 is 2.03 bits per heavy atom. The third kappa shape index (κ3) is 5.95. The van der Waals surface area contributed by atoms with Crippen LogP contribution in [0.25, 0.3) is 0 Å². The number of thiophene rings is 1. The fourth-order valence-electron chi connectivity index (χ4n) is 4.20. The van der Waals surface area contributed by atoms with Gasteiger partial charge in [-0.05, 0) is 62.4 Å². The first-order chi connectivity index (χ1) is 18.0. The fourth-order valence-corrected chi connectivity index (χ4v) is 6.27. The van der Waals surface area contributed by atoms with Gasteiger partial charge >= 0.3 is 0 Å². The minimum atomic E-state index is -0.777. The number of aliphatic hydroxyl groups excluding tert-OH is 1. The van der Waals surface area contributed by atoms with Gasteiger partial charge in [0.1, 0.15) is 22.9 Å². The number of fused-ring (bicyclic) bond motifs is 1. The number of thioether (sulfide) groups is 1. The number of nitrogens with one attached hydrogen (secondary N) is 2. The molecule has 194 valence electrons. The highest BCUT2D eigenvalue weighted by atomic mass is 32.2. The Morgan fingerprint density at radius 1 is 1.27 bits per heavy atom. The first kappa shape index (κ1) is 26.7. The highest BCUT2D eigenvalue weighted by Crippen LogP contribution is 2.37. The minimum absolute atomic E-state index is 0.0770. The third-order valence-corrected chi connectivity index (χ3v) is 8.26. The average Bonchev–Trinajstić information content (AvgIpc) is 3.50. The summed E-state index contributed by atoms with van der Waals surface area (Å²) in [6.45, 7) is 2.01. The molecule has 3 N–H and O–H groups in total. The van der Waals surface area contributed by atoms with Crippen LogP contribution in [0, 0.1) is 11.3 Å². The summed E-state index contributed by atoms with van der Waals surface area (Å²) in [5, 5.41) is 34.8. The molecule has 1 aliphatic carbocycles. The lowest BCUT2D eigenvalue weighted by atomic mass is 9.96. The number of carbonyl (C=O) groups excluding carboxylic acids is 2. The van der Waals surface area contributed by atoms with Crippen molar-refractivity contribution in [1.29, 1.82) is 5.26 Å². The predicted octanol–water partition coefficient (Wildman–Crippen LogP) is 3.31. The second-order valence-electron chi connectivity index (χ2n) is 8.39. The molecule has 0 spiro atoms. The Balaban J connectivity index is 1.41. The van der Waals surface area contributed by atoms with Crippen LogP contribution in [0.2, 0.25) is 0 Å². The van der Waals surface area contributed by atoms with Crippen LogP contribution in [-0.2, 0) is 24.2 Å². The lowest BCUT2D eigenvalue weighted by molar-refractivity contribution is -0.113. The van der Waals surface area contributed by atoms with Crippen molar-refractivity contribution >= 4 is 39.9 Å². The first-order valence-electron chi connectivity index (χ1n) is 11.9. The van der Waals surface area contributed by atoms with Gasteiger partial charge in [0, 0.05) is 17.0 Å². The monoisotopic (exact) mass is 540 g/mol. The van der Waals surface area contributed by atoms with Crippen LogP contribution >= 0.6 is 23.1 Å². The molecule has 1 atom stereocenters. The standard InChI is InChI=1S/C25H28N6O4S2/c1-3-31-22(19(13-32)27-23(34)15-8-10-16(35-2)11-9-15)29-30-25(31)36-14-21(33)28-24-18(12-26)17-6-4-5-7-20(17)37-24/h8-11,19,32H,3-7,13-14H2,1-2H3,(H,27,34)(H,28,33)/t19-/m1/s1. The van der Waals surface area contributed by atoms with Crippen LogP contribution in [0.15, 0.2) is 29.4 Å². The van der Waals surface area contributed by atoms with E-state index in [-0.39, 0.29) is 24.2 Å². The molecule has 0 saturated carbocycles. The topological polar surface area (TPSA) is 142 Å². The molecular weight excluding hydrogens is 512 g/mol. The Kier molecular flexibility index (Phi) is 8.81.